The predicted octanol–water partition coefficient (Wildman–Crippen LogP) is 3.82. The lowest BCUT2D eigenvalue weighted by Gasteiger charge is -2.20. The predicted molar refractivity (Wildman–Crippen MR) is 99.6 cm³/mol. The average Bonchev–Trinajstić information content (AvgIpc) is 3.17. The van der Waals surface area contributed by atoms with Crippen LogP contribution in [0.25, 0.3) is 0 Å². The molecule has 1 aromatic heterocycles. The highest BCUT2D eigenvalue weighted by Crippen LogP contribution is 2.28. The molecule has 0 saturated carbocycles. The summed E-state index contributed by atoms with van der Waals surface area (Å²) >= 11 is 1.52. The summed E-state index contributed by atoms with van der Waals surface area (Å²) in [5.74, 6) is -1.70. The molecular formula is C19H18F2N4OS. The maximum Gasteiger partial charge on any atom is 0.274 e. The Hall–Kier alpha value is -2.74. The molecule has 1 unspecified atom stereocenters. The van der Waals surface area contributed by atoms with Gasteiger partial charge in [0, 0.05) is 10.5 Å². The van der Waals surface area contributed by atoms with E-state index in [2.05, 4.69) is 15.5 Å². The van der Waals surface area contributed by atoms with Crippen LogP contribution in [0.3, 0.4) is 0 Å². The summed E-state index contributed by atoms with van der Waals surface area (Å²) in [6, 6.07) is 9.63. The number of rotatable bonds is 6. The monoisotopic (exact) mass is 388 g/mol. The van der Waals surface area contributed by atoms with Crippen LogP contribution < -0.4 is 5.32 Å². The molecule has 140 valence electrons. The smallest absolute Gasteiger partial charge is 0.274 e. The van der Waals surface area contributed by atoms with Crippen LogP contribution in [0.5, 0.6) is 0 Å². The van der Waals surface area contributed by atoms with Gasteiger partial charge in [0.05, 0.1) is 18.8 Å². The van der Waals surface area contributed by atoms with Crippen LogP contribution in [-0.2, 0) is 6.54 Å². The summed E-state index contributed by atoms with van der Waals surface area (Å²) in [6.45, 7) is 2.37. The molecule has 1 heterocycles. The van der Waals surface area contributed by atoms with Gasteiger partial charge in [-0.05, 0) is 49.1 Å². The molecule has 2 aromatic carbocycles. The van der Waals surface area contributed by atoms with Crippen molar-refractivity contribution in [3.63, 3.8) is 0 Å². The first kappa shape index (κ1) is 19.0. The molecular weight excluding hydrogens is 370 g/mol. The largest absolute Gasteiger partial charge is 0.340 e. The first-order valence-corrected chi connectivity index (χ1v) is 9.54. The molecule has 27 heavy (non-hydrogen) atoms. The maximum absolute atomic E-state index is 14.4. The van der Waals surface area contributed by atoms with Crippen molar-refractivity contribution in [2.45, 2.75) is 24.4 Å². The molecule has 0 spiro atoms. The van der Waals surface area contributed by atoms with Gasteiger partial charge in [-0.15, -0.1) is 16.9 Å². The van der Waals surface area contributed by atoms with E-state index in [1.54, 1.807) is 6.07 Å². The van der Waals surface area contributed by atoms with E-state index in [0.717, 1.165) is 23.1 Å². The van der Waals surface area contributed by atoms with E-state index < -0.39 is 23.6 Å². The maximum atomic E-state index is 14.4. The third kappa shape index (κ3) is 4.33. The van der Waals surface area contributed by atoms with Crippen LogP contribution in [0.1, 0.15) is 34.6 Å². The average molecular weight is 388 g/mol. The van der Waals surface area contributed by atoms with Gasteiger partial charge in [-0.25, -0.2) is 8.78 Å². The van der Waals surface area contributed by atoms with Gasteiger partial charge in [-0.2, -0.15) is 9.90 Å². The molecule has 1 atom stereocenters. The number of aryl methyl sites for hydroxylation is 1. The van der Waals surface area contributed by atoms with Gasteiger partial charge in [0.15, 0.2) is 5.69 Å². The number of thioether (sulfide) groups is 1. The second-order valence-corrected chi connectivity index (χ2v) is 6.65. The van der Waals surface area contributed by atoms with Crippen molar-refractivity contribution in [1.29, 1.82) is 0 Å². The Labute approximate surface area is 159 Å². The number of nitrogens with one attached hydrogen (secondary N) is 1. The molecule has 0 aliphatic carbocycles. The molecule has 1 N–H and O–H groups in total. The Kier molecular flexibility index (Phi) is 5.85. The topological polar surface area (TPSA) is 59.8 Å². The van der Waals surface area contributed by atoms with Gasteiger partial charge in [-0.1, -0.05) is 12.1 Å². The van der Waals surface area contributed by atoms with Crippen molar-refractivity contribution in [2.24, 2.45) is 0 Å². The lowest BCUT2D eigenvalue weighted by Crippen LogP contribution is -2.30. The Bertz CT molecular complexity index is 960. The minimum atomic E-state index is -0.868. The highest BCUT2D eigenvalue weighted by molar-refractivity contribution is 7.98. The highest BCUT2D eigenvalue weighted by atomic mass is 32.2. The van der Waals surface area contributed by atoms with Gasteiger partial charge in [-0.3, -0.25) is 4.79 Å². The van der Waals surface area contributed by atoms with Crippen molar-refractivity contribution < 1.29 is 13.6 Å². The zero-order valence-corrected chi connectivity index (χ0v) is 15.6. The summed E-state index contributed by atoms with van der Waals surface area (Å²) in [4.78, 5) is 15.0. The van der Waals surface area contributed by atoms with Crippen LogP contribution in [0.15, 0.2) is 53.6 Å². The summed E-state index contributed by atoms with van der Waals surface area (Å²) in [5.41, 5.74) is 0.798. The molecule has 0 aliphatic rings. The second-order valence-electron chi connectivity index (χ2n) is 5.77. The van der Waals surface area contributed by atoms with Gasteiger partial charge in [0.1, 0.15) is 11.6 Å². The number of nitrogens with zero attached hydrogens (tertiary/aromatic N) is 3. The Balaban J connectivity index is 2.01. The van der Waals surface area contributed by atoms with Crippen LogP contribution in [0.2, 0.25) is 0 Å². The lowest BCUT2D eigenvalue weighted by molar-refractivity contribution is 0.0936. The Morgan fingerprint density at radius 2 is 2.07 bits per heavy atom. The van der Waals surface area contributed by atoms with Crippen molar-refractivity contribution in [3.05, 3.63) is 77.1 Å². The Morgan fingerprint density at radius 3 is 2.78 bits per heavy atom. The zero-order valence-electron chi connectivity index (χ0n) is 14.8. The van der Waals surface area contributed by atoms with Crippen LogP contribution in [0.4, 0.5) is 8.78 Å². The fourth-order valence-electron chi connectivity index (χ4n) is 2.66. The van der Waals surface area contributed by atoms with E-state index in [4.69, 9.17) is 0 Å². The van der Waals surface area contributed by atoms with Gasteiger partial charge < -0.3 is 5.32 Å². The van der Waals surface area contributed by atoms with E-state index >= 15 is 0 Å². The van der Waals surface area contributed by atoms with Crippen molar-refractivity contribution in [2.75, 3.05) is 6.26 Å². The molecule has 0 aliphatic heterocycles. The highest BCUT2D eigenvalue weighted by Gasteiger charge is 2.23. The van der Waals surface area contributed by atoms with Gasteiger partial charge in [0.25, 0.3) is 5.91 Å². The molecule has 3 rings (SSSR count). The number of hydrogen-bond donors (Lipinski definition) is 1. The fourth-order valence-corrected chi connectivity index (χ4v) is 3.12. The molecule has 0 fully saturated rings. The number of hydrogen-bond acceptors (Lipinski definition) is 4. The molecule has 1 amide bonds. The summed E-state index contributed by atoms with van der Waals surface area (Å²) in [5, 5.41) is 10.8. The molecule has 0 saturated heterocycles. The standard InChI is InChI=1S/C19H18F2N4OS/c1-3-25-22-11-17(24-25)19(26)23-18(12-5-4-6-14(9-12)27-2)15-10-13(20)7-8-16(15)21/h4-11,18H,3H2,1-2H3,(H,23,26). The van der Waals surface area contributed by atoms with E-state index in [9.17, 15) is 13.6 Å². The van der Waals surface area contributed by atoms with Crippen molar-refractivity contribution in [1.82, 2.24) is 20.3 Å². The van der Waals surface area contributed by atoms with E-state index in [-0.39, 0.29) is 11.3 Å². The van der Waals surface area contributed by atoms with Gasteiger partial charge >= 0.3 is 0 Å². The van der Waals surface area contributed by atoms with Crippen molar-refractivity contribution >= 4 is 17.7 Å². The fraction of sp³-hybridized carbons (Fsp3) is 0.211. The third-order valence-electron chi connectivity index (χ3n) is 4.02. The first-order chi connectivity index (χ1) is 13.0. The minimum Gasteiger partial charge on any atom is -0.340 e. The Morgan fingerprint density at radius 1 is 1.26 bits per heavy atom. The van der Waals surface area contributed by atoms with Crippen LogP contribution >= 0.6 is 11.8 Å². The zero-order chi connectivity index (χ0) is 19.4. The third-order valence-corrected chi connectivity index (χ3v) is 4.75. The van der Waals surface area contributed by atoms with E-state index in [0.29, 0.717) is 12.1 Å². The summed E-state index contributed by atoms with van der Waals surface area (Å²) in [7, 11) is 0. The number of halogens is 2. The normalized spacial score (nSPS) is 12.0. The molecule has 5 nitrogen and oxygen atoms in total. The van der Waals surface area contributed by atoms with E-state index in [1.165, 1.54) is 22.8 Å². The minimum absolute atomic E-state index is 0.0458. The van der Waals surface area contributed by atoms with Crippen LogP contribution in [0, 0.1) is 11.6 Å². The molecule has 0 bridgehead atoms. The van der Waals surface area contributed by atoms with Crippen molar-refractivity contribution in [3.8, 4) is 0 Å². The first-order valence-electron chi connectivity index (χ1n) is 8.31. The SMILES string of the molecule is CCn1ncc(C(=O)NC(c2cccc(SC)c2)c2cc(F)ccc2F)n1. The number of aromatic nitrogens is 3. The number of carbonyl (C=O) groups is 1. The second kappa shape index (κ2) is 8.30. The molecule has 8 heteroatoms. The van der Waals surface area contributed by atoms with Gasteiger partial charge in [0.2, 0.25) is 0 Å². The van der Waals surface area contributed by atoms with Crippen LogP contribution in [-0.4, -0.2) is 27.2 Å². The molecule has 3 aromatic rings. The lowest BCUT2D eigenvalue weighted by atomic mass is 9.97. The quantitative estimate of drug-likeness (QED) is 0.652. The summed E-state index contributed by atoms with van der Waals surface area (Å²) in [6.07, 6.45) is 3.26. The number of benzene rings is 2. The summed E-state index contributed by atoms with van der Waals surface area (Å²) < 4.78 is 28.2. The number of carbonyl (C=O) groups excluding carboxylic acids is 1. The molecule has 0 radical (unpaired) electrons. The number of amides is 1. The van der Waals surface area contributed by atoms with E-state index in [1.807, 2.05) is 31.4 Å².